The molecule has 1 aliphatic carbocycles. The van der Waals surface area contributed by atoms with E-state index in [2.05, 4.69) is 10.6 Å². The van der Waals surface area contributed by atoms with E-state index in [9.17, 15) is 14.4 Å². The van der Waals surface area contributed by atoms with Crippen LogP contribution in [0.5, 0.6) is 11.5 Å². The van der Waals surface area contributed by atoms with Crippen LogP contribution in [0.1, 0.15) is 43.0 Å². The molecule has 2 aliphatic heterocycles. The van der Waals surface area contributed by atoms with Crippen LogP contribution in [-0.4, -0.2) is 42.5 Å². The molecule has 2 heterocycles. The first-order valence-corrected chi connectivity index (χ1v) is 11.3. The minimum absolute atomic E-state index is 0.0765. The zero-order chi connectivity index (χ0) is 23.2. The summed E-state index contributed by atoms with van der Waals surface area (Å²) in [6, 6.07) is 12.4. The molecular weight excluding hydrogens is 422 g/mol. The highest BCUT2D eigenvalue weighted by atomic mass is 16.6. The number of rotatable bonds is 5. The third-order valence-electron chi connectivity index (χ3n) is 6.63. The molecule has 4 amide bonds. The predicted molar refractivity (Wildman–Crippen MR) is 120 cm³/mol. The monoisotopic (exact) mass is 449 g/mol. The minimum Gasteiger partial charge on any atom is -0.486 e. The number of nitrogens with one attached hydrogen (secondary N) is 2. The number of carbonyl (C=O) groups is 3. The van der Waals surface area contributed by atoms with Crippen molar-refractivity contribution >= 4 is 17.8 Å². The SMILES string of the molecule is CC(C)[C@@H](NC(=O)CN1C(=O)N[C@@]2(CCc3ccccc32)C1=O)c1ccc2c(c1)OCCO2. The van der Waals surface area contributed by atoms with Crippen molar-refractivity contribution < 1.29 is 23.9 Å². The maximum atomic E-state index is 13.3. The van der Waals surface area contributed by atoms with Gasteiger partial charge in [0, 0.05) is 0 Å². The molecule has 5 rings (SSSR count). The Balaban J connectivity index is 1.32. The summed E-state index contributed by atoms with van der Waals surface area (Å²) in [5, 5.41) is 5.86. The molecule has 0 unspecified atom stereocenters. The molecule has 0 saturated carbocycles. The molecule has 8 heteroatoms. The highest BCUT2D eigenvalue weighted by Crippen LogP contribution is 2.41. The quantitative estimate of drug-likeness (QED) is 0.684. The van der Waals surface area contributed by atoms with E-state index < -0.39 is 17.5 Å². The highest BCUT2D eigenvalue weighted by molar-refractivity contribution is 6.09. The third kappa shape index (κ3) is 3.59. The van der Waals surface area contributed by atoms with Gasteiger partial charge in [-0.15, -0.1) is 0 Å². The van der Waals surface area contributed by atoms with Crippen LogP contribution in [0.15, 0.2) is 42.5 Å². The fourth-order valence-electron chi connectivity index (χ4n) is 4.98. The molecule has 2 aromatic carbocycles. The first-order valence-electron chi connectivity index (χ1n) is 11.3. The Morgan fingerprint density at radius 2 is 1.88 bits per heavy atom. The number of imide groups is 1. The van der Waals surface area contributed by atoms with Crippen LogP contribution in [0.4, 0.5) is 4.79 Å². The average molecular weight is 450 g/mol. The maximum Gasteiger partial charge on any atom is 0.325 e. The molecule has 172 valence electrons. The first-order chi connectivity index (χ1) is 15.9. The Morgan fingerprint density at radius 1 is 1.12 bits per heavy atom. The molecule has 2 aromatic rings. The van der Waals surface area contributed by atoms with Crippen molar-refractivity contribution in [2.24, 2.45) is 5.92 Å². The van der Waals surface area contributed by atoms with Gasteiger partial charge in [0.15, 0.2) is 11.5 Å². The molecule has 2 N–H and O–H groups in total. The number of aryl methyl sites for hydroxylation is 1. The van der Waals surface area contributed by atoms with Crippen LogP contribution in [0, 0.1) is 5.92 Å². The number of amides is 4. The van der Waals surface area contributed by atoms with Crippen molar-refractivity contribution in [1.82, 2.24) is 15.5 Å². The smallest absolute Gasteiger partial charge is 0.325 e. The molecule has 1 spiro atoms. The summed E-state index contributed by atoms with van der Waals surface area (Å²) in [5.41, 5.74) is 1.68. The molecule has 2 atom stereocenters. The summed E-state index contributed by atoms with van der Waals surface area (Å²) in [6.45, 7) is 4.66. The van der Waals surface area contributed by atoms with Crippen molar-refractivity contribution in [1.29, 1.82) is 0 Å². The summed E-state index contributed by atoms with van der Waals surface area (Å²) >= 11 is 0. The molecule has 3 aliphatic rings. The molecule has 0 aromatic heterocycles. The molecule has 1 fully saturated rings. The zero-order valence-electron chi connectivity index (χ0n) is 18.7. The molecule has 1 saturated heterocycles. The summed E-state index contributed by atoms with van der Waals surface area (Å²) in [5.74, 6) is 0.644. The topological polar surface area (TPSA) is 97.0 Å². The molecule has 0 radical (unpaired) electrons. The van der Waals surface area contributed by atoms with E-state index in [0.29, 0.717) is 37.6 Å². The predicted octanol–water partition coefficient (Wildman–Crippen LogP) is 2.66. The molecule has 8 nitrogen and oxygen atoms in total. The van der Waals surface area contributed by atoms with Gasteiger partial charge in [0.05, 0.1) is 6.04 Å². The van der Waals surface area contributed by atoms with E-state index in [0.717, 1.165) is 21.6 Å². The maximum absolute atomic E-state index is 13.3. The van der Waals surface area contributed by atoms with E-state index in [4.69, 9.17) is 9.47 Å². The number of carbonyl (C=O) groups excluding carboxylic acids is 3. The van der Waals surface area contributed by atoms with Crippen LogP contribution in [0.25, 0.3) is 0 Å². The van der Waals surface area contributed by atoms with Gasteiger partial charge < -0.3 is 20.1 Å². The van der Waals surface area contributed by atoms with Gasteiger partial charge in [-0.1, -0.05) is 44.2 Å². The van der Waals surface area contributed by atoms with Crippen molar-refractivity contribution in [2.45, 2.75) is 38.3 Å². The number of nitrogens with zero attached hydrogens (tertiary/aromatic N) is 1. The van der Waals surface area contributed by atoms with Crippen molar-refractivity contribution in [3.8, 4) is 11.5 Å². The Kier molecular flexibility index (Phi) is 5.23. The van der Waals surface area contributed by atoms with Gasteiger partial charge in [-0.2, -0.15) is 0 Å². The lowest BCUT2D eigenvalue weighted by Gasteiger charge is -2.26. The summed E-state index contributed by atoms with van der Waals surface area (Å²) in [6.07, 6.45) is 1.21. The summed E-state index contributed by atoms with van der Waals surface area (Å²) < 4.78 is 11.3. The Hall–Kier alpha value is -3.55. The Bertz CT molecular complexity index is 1130. The van der Waals surface area contributed by atoms with Gasteiger partial charge in [0.25, 0.3) is 5.91 Å². The van der Waals surface area contributed by atoms with Crippen molar-refractivity contribution in [3.05, 3.63) is 59.2 Å². The van der Waals surface area contributed by atoms with Gasteiger partial charge in [0.1, 0.15) is 25.3 Å². The summed E-state index contributed by atoms with van der Waals surface area (Å²) in [4.78, 5) is 40.0. The van der Waals surface area contributed by atoms with E-state index >= 15 is 0 Å². The fraction of sp³-hybridized carbons (Fsp3) is 0.400. The van der Waals surface area contributed by atoms with Crippen molar-refractivity contribution in [3.63, 3.8) is 0 Å². The van der Waals surface area contributed by atoms with Gasteiger partial charge >= 0.3 is 6.03 Å². The summed E-state index contributed by atoms with van der Waals surface area (Å²) in [7, 11) is 0. The molecule has 33 heavy (non-hydrogen) atoms. The van der Waals surface area contributed by atoms with Gasteiger partial charge in [-0.05, 0) is 47.6 Å². The standard InChI is InChI=1S/C25H27N3O5/c1-15(2)22(17-7-8-19-20(13-17)33-12-11-32-19)26-21(29)14-28-23(30)25(27-24(28)31)10-9-16-5-3-4-6-18(16)25/h3-8,13,15,22H,9-12,14H2,1-2H3,(H,26,29)(H,27,31)/t22-,25-/m1/s1. The van der Waals surface area contributed by atoms with E-state index in [-0.39, 0.29) is 24.4 Å². The lowest BCUT2D eigenvalue weighted by molar-refractivity contribution is -0.135. The second-order valence-electron chi connectivity index (χ2n) is 9.08. The van der Waals surface area contributed by atoms with Gasteiger partial charge in [-0.25, -0.2) is 4.79 Å². The number of hydrogen-bond donors (Lipinski definition) is 2. The van der Waals surface area contributed by atoms with Crippen LogP contribution in [0.3, 0.4) is 0 Å². The van der Waals surface area contributed by atoms with Crippen LogP contribution in [0.2, 0.25) is 0 Å². The third-order valence-corrected chi connectivity index (χ3v) is 6.63. The molecule has 0 bridgehead atoms. The van der Waals surface area contributed by atoms with Crippen LogP contribution < -0.4 is 20.1 Å². The number of fused-ring (bicyclic) bond motifs is 3. The number of urea groups is 1. The van der Waals surface area contributed by atoms with Crippen LogP contribution in [-0.2, 0) is 21.5 Å². The lowest BCUT2D eigenvalue weighted by atomic mass is 9.92. The number of hydrogen-bond acceptors (Lipinski definition) is 5. The fourth-order valence-corrected chi connectivity index (χ4v) is 4.98. The Labute approximate surface area is 192 Å². The lowest BCUT2D eigenvalue weighted by Crippen LogP contribution is -2.44. The van der Waals surface area contributed by atoms with Crippen molar-refractivity contribution in [2.75, 3.05) is 19.8 Å². The second kappa shape index (κ2) is 8.10. The highest BCUT2D eigenvalue weighted by Gasteiger charge is 2.55. The Morgan fingerprint density at radius 3 is 2.67 bits per heavy atom. The zero-order valence-corrected chi connectivity index (χ0v) is 18.7. The number of ether oxygens (including phenoxy) is 2. The van der Waals surface area contributed by atoms with E-state index in [1.165, 1.54) is 0 Å². The number of benzene rings is 2. The van der Waals surface area contributed by atoms with Gasteiger partial charge in [0.2, 0.25) is 5.91 Å². The van der Waals surface area contributed by atoms with E-state index in [1.807, 2.05) is 56.3 Å². The van der Waals surface area contributed by atoms with E-state index in [1.54, 1.807) is 0 Å². The molecular formula is C25H27N3O5. The largest absolute Gasteiger partial charge is 0.486 e. The normalized spacial score (nSPS) is 21.8. The minimum atomic E-state index is -1.07. The second-order valence-corrected chi connectivity index (χ2v) is 9.08. The van der Waals surface area contributed by atoms with Crippen LogP contribution >= 0.6 is 0 Å². The average Bonchev–Trinajstić information content (AvgIpc) is 3.30. The first kappa shape index (κ1) is 21.3. The van der Waals surface area contributed by atoms with Gasteiger partial charge in [-0.3, -0.25) is 14.5 Å².